The number of benzene rings is 1. The summed E-state index contributed by atoms with van der Waals surface area (Å²) in [6, 6.07) is 11.7. The van der Waals surface area contributed by atoms with E-state index in [0.29, 0.717) is 16.7 Å². The van der Waals surface area contributed by atoms with Gasteiger partial charge >= 0.3 is 0 Å². The molecule has 0 aliphatic rings. The van der Waals surface area contributed by atoms with Crippen LogP contribution in [0.2, 0.25) is 0 Å². The first-order valence-corrected chi connectivity index (χ1v) is 7.40. The number of anilines is 1. The van der Waals surface area contributed by atoms with Gasteiger partial charge in [0.25, 0.3) is 5.91 Å². The third kappa shape index (κ3) is 3.82. The summed E-state index contributed by atoms with van der Waals surface area (Å²) in [5.41, 5.74) is 2.81. The monoisotopic (exact) mass is 347 g/mol. The van der Waals surface area contributed by atoms with Crippen LogP contribution in [-0.4, -0.2) is 36.9 Å². The largest absolute Gasteiger partial charge is 0.378 e. The van der Waals surface area contributed by atoms with Gasteiger partial charge in [0.1, 0.15) is 4.60 Å². The standard InChI is InChI=1S/C16H18BrN3O/c1-19(2)13-8-6-12(7-9-13)11-20(3)16(21)14-5-4-10-18-15(14)17/h4-10H,11H2,1-3H3. The number of rotatable bonds is 4. The zero-order valence-electron chi connectivity index (χ0n) is 12.4. The van der Waals surface area contributed by atoms with Crippen LogP contribution in [0.4, 0.5) is 5.69 Å². The van der Waals surface area contributed by atoms with E-state index in [1.165, 1.54) is 0 Å². The van der Waals surface area contributed by atoms with Crippen LogP contribution in [-0.2, 0) is 6.54 Å². The number of aromatic nitrogens is 1. The minimum absolute atomic E-state index is 0.0494. The molecule has 5 heteroatoms. The fourth-order valence-corrected chi connectivity index (χ4v) is 2.42. The second-order valence-corrected chi connectivity index (χ2v) is 5.82. The summed E-state index contributed by atoms with van der Waals surface area (Å²) in [6.07, 6.45) is 1.65. The number of halogens is 1. The summed E-state index contributed by atoms with van der Waals surface area (Å²) in [7, 11) is 5.80. The van der Waals surface area contributed by atoms with E-state index in [1.807, 2.05) is 43.3 Å². The Balaban J connectivity index is 2.09. The number of amides is 1. The average Bonchev–Trinajstić information content (AvgIpc) is 2.47. The first-order chi connectivity index (χ1) is 9.99. The Kier molecular flexibility index (Phi) is 4.96. The Morgan fingerprint density at radius 1 is 1.14 bits per heavy atom. The van der Waals surface area contributed by atoms with Crippen LogP contribution < -0.4 is 4.90 Å². The van der Waals surface area contributed by atoms with Crippen molar-refractivity contribution >= 4 is 27.5 Å². The van der Waals surface area contributed by atoms with Crippen LogP contribution in [0.15, 0.2) is 47.2 Å². The van der Waals surface area contributed by atoms with E-state index in [2.05, 4.69) is 20.9 Å². The van der Waals surface area contributed by atoms with Crippen molar-refractivity contribution in [1.29, 1.82) is 0 Å². The molecule has 110 valence electrons. The highest BCUT2D eigenvalue weighted by Gasteiger charge is 2.15. The predicted octanol–water partition coefficient (Wildman–Crippen LogP) is 3.18. The maximum atomic E-state index is 12.4. The van der Waals surface area contributed by atoms with Crippen molar-refractivity contribution in [2.75, 3.05) is 26.0 Å². The Morgan fingerprint density at radius 2 is 1.81 bits per heavy atom. The lowest BCUT2D eigenvalue weighted by Gasteiger charge is -2.19. The molecule has 0 saturated heterocycles. The first-order valence-electron chi connectivity index (χ1n) is 6.61. The molecule has 0 spiro atoms. The minimum Gasteiger partial charge on any atom is -0.378 e. The molecule has 1 aromatic carbocycles. The minimum atomic E-state index is -0.0494. The van der Waals surface area contributed by atoms with E-state index in [1.54, 1.807) is 30.3 Å². The van der Waals surface area contributed by atoms with Crippen LogP contribution in [0, 0.1) is 0 Å². The van der Waals surface area contributed by atoms with Gasteiger partial charge in [-0.05, 0) is 45.8 Å². The molecule has 1 heterocycles. The van der Waals surface area contributed by atoms with Crippen LogP contribution in [0.1, 0.15) is 15.9 Å². The lowest BCUT2D eigenvalue weighted by atomic mass is 10.1. The van der Waals surface area contributed by atoms with Crippen LogP contribution in [0.25, 0.3) is 0 Å². The second kappa shape index (κ2) is 6.72. The molecule has 0 atom stereocenters. The highest BCUT2D eigenvalue weighted by atomic mass is 79.9. The zero-order valence-corrected chi connectivity index (χ0v) is 14.0. The van der Waals surface area contributed by atoms with E-state index in [9.17, 15) is 4.79 Å². The molecule has 4 nitrogen and oxygen atoms in total. The van der Waals surface area contributed by atoms with Gasteiger partial charge in [-0.25, -0.2) is 4.98 Å². The van der Waals surface area contributed by atoms with Gasteiger partial charge in [-0.2, -0.15) is 0 Å². The van der Waals surface area contributed by atoms with Gasteiger partial charge in [-0.3, -0.25) is 4.79 Å². The number of hydrogen-bond donors (Lipinski definition) is 0. The van der Waals surface area contributed by atoms with Gasteiger partial charge in [0.05, 0.1) is 5.56 Å². The molecular formula is C16H18BrN3O. The van der Waals surface area contributed by atoms with E-state index in [0.717, 1.165) is 11.3 Å². The average molecular weight is 348 g/mol. The second-order valence-electron chi connectivity index (χ2n) is 5.06. The summed E-state index contributed by atoms with van der Waals surface area (Å²) in [5.74, 6) is -0.0494. The van der Waals surface area contributed by atoms with Gasteiger partial charge < -0.3 is 9.80 Å². The SMILES string of the molecule is CN(Cc1ccc(N(C)C)cc1)C(=O)c1cccnc1Br. The van der Waals surface area contributed by atoms with Crippen molar-refractivity contribution < 1.29 is 4.79 Å². The highest BCUT2D eigenvalue weighted by Crippen LogP contribution is 2.17. The molecule has 0 fully saturated rings. The van der Waals surface area contributed by atoms with Crippen LogP contribution in [0.3, 0.4) is 0 Å². The van der Waals surface area contributed by atoms with Crippen molar-refractivity contribution in [2.24, 2.45) is 0 Å². The van der Waals surface area contributed by atoms with E-state index in [4.69, 9.17) is 0 Å². The molecule has 0 saturated carbocycles. The number of carbonyl (C=O) groups is 1. The maximum absolute atomic E-state index is 12.4. The summed E-state index contributed by atoms with van der Waals surface area (Å²) in [5, 5.41) is 0. The smallest absolute Gasteiger partial charge is 0.256 e. The molecule has 0 bridgehead atoms. The molecule has 2 aromatic rings. The Bertz CT molecular complexity index is 626. The Hall–Kier alpha value is -1.88. The molecule has 21 heavy (non-hydrogen) atoms. The topological polar surface area (TPSA) is 36.4 Å². The van der Waals surface area contributed by atoms with Crippen molar-refractivity contribution in [3.05, 3.63) is 58.3 Å². The number of nitrogens with zero attached hydrogens (tertiary/aromatic N) is 3. The van der Waals surface area contributed by atoms with Crippen molar-refractivity contribution in [3.63, 3.8) is 0 Å². The molecule has 0 unspecified atom stereocenters. The summed E-state index contributed by atoms with van der Waals surface area (Å²) < 4.78 is 0.574. The molecular weight excluding hydrogens is 330 g/mol. The van der Waals surface area contributed by atoms with Gasteiger partial charge in [0.2, 0.25) is 0 Å². The third-order valence-corrected chi connectivity index (χ3v) is 3.84. The number of pyridine rings is 1. The van der Waals surface area contributed by atoms with Crippen molar-refractivity contribution in [2.45, 2.75) is 6.54 Å². The van der Waals surface area contributed by atoms with E-state index in [-0.39, 0.29) is 5.91 Å². The van der Waals surface area contributed by atoms with Crippen molar-refractivity contribution in [1.82, 2.24) is 9.88 Å². The van der Waals surface area contributed by atoms with E-state index < -0.39 is 0 Å². The molecule has 0 radical (unpaired) electrons. The summed E-state index contributed by atoms with van der Waals surface area (Å²) in [6.45, 7) is 0.563. The molecule has 1 aromatic heterocycles. The molecule has 0 N–H and O–H groups in total. The maximum Gasteiger partial charge on any atom is 0.256 e. The van der Waals surface area contributed by atoms with Crippen LogP contribution in [0.5, 0.6) is 0 Å². The van der Waals surface area contributed by atoms with Gasteiger partial charge in [0, 0.05) is 39.6 Å². The Labute approximate surface area is 133 Å². The third-order valence-electron chi connectivity index (χ3n) is 3.21. The quantitative estimate of drug-likeness (QED) is 0.797. The lowest BCUT2D eigenvalue weighted by molar-refractivity contribution is 0.0783. The summed E-state index contributed by atoms with van der Waals surface area (Å²) in [4.78, 5) is 20.2. The number of carbonyl (C=O) groups excluding carboxylic acids is 1. The zero-order chi connectivity index (χ0) is 15.4. The fourth-order valence-electron chi connectivity index (χ4n) is 2.00. The first kappa shape index (κ1) is 15.5. The fraction of sp³-hybridized carbons (Fsp3) is 0.250. The molecule has 0 aliphatic carbocycles. The lowest BCUT2D eigenvalue weighted by Crippen LogP contribution is -2.26. The van der Waals surface area contributed by atoms with Crippen molar-refractivity contribution in [3.8, 4) is 0 Å². The van der Waals surface area contributed by atoms with Gasteiger partial charge in [-0.15, -0.1) is 0 Å². The van der Waals surface area contributed by atoms with Gasteiger partial charge in [0.15, 0.2) is 0 Å². The molecule has 2 rings (SSSR count). The van der Waals surface area contributed by atoms with Gasteiger partial charge in [-0.1, -0.05) is 12.1 Å². The molecule has 0 aliphatic heterocycles. The normalized spacial score (nSPS) is 10.3. The van der Waals surface area contributed by atoms with E-state index >= 15 is 0 Å². The molecule has 1 amide bonds. The van der Waals surface area contributed by atoms with Crippen LogP contribution >= 0.6 is 15.9 Å². The Morgan fingerprint density at radius 3 is 2.38 bits per heavy atom. The predicted molar refractivity (Wildman–Crippen MR) is 88.5 cm³/mol. The number of hydrogen-bond acceptors (Lipinski definition) is 3. The summed E-state index contributed by atoms with van der Waals surface area (Å²) >= 11 is 3.31. The highest BCUT2D eigenvalue weighted by molar-refractivity contribution is 9.10.